The van der Waals surface area contributed by atoms with Gasteiger partial charge in [0, 0.05) is 44.7 Å². The van der Waals surface area contributed by atoms with E-state index in [0.29, 0.717) is 62.2 Å². The topological polar surface area (TPSA) is 110 Å². The number of fused-ring (bicyclic) bond motifs is 2. The first-order valence-corrected chi connectivity index (χ1v) is 11.8. The number of carbonyl (C=O) groups excluding carboxylic acids is 1. The van der Waals surface area contributed by atoms with Crippen molar-refractivity contribution >= 4 is 34.1 Å². The predicted octanol–water partition coefficient (Wildman–Crippen LogP) is 3.63. The molecule has 0 atom stereocenters. The molecule has 1 amide bonds. The van der Waals surface area contributed by atoms with E-state index in [4.69, 9.17) is 18.9 Å². The summed E-state index contributed by atoms with van der Waals surface area (Å²) in [5, 5.41) is 6.04. The number of halogens is 3. The molecule has 0 bridgehead atoms. The summed E-state index contributed by atoms with van der Waals surface area (Å²) >= 11 is 0. The number of benzene rings is 1. The minimum absolute atomic E-state index is 0.0578. The summed E-state index contributed by atoms with van der Waals surface area (Å²) < 4.78 is 62.9. The molecule has 37 heavy (non-hydrogen) atoms. The van der Waals surface area contributed by atoms with Crippen molar-refractivity contribution in [3.63, 3.8) is 0 Å². The summed E-state index contributed by atoms with van der Waals surface area (Å²) in [5.74, 6) is 0.730. The Hall–Kier alpha value is -3.71. The van der Waals surface area contributed by atoms with Gasteiger partial charge in [0.2, 0.25) is 0 Å². The van der Waals surface area contributed by atoms with Gasteiger partial charge in [0.25, 0.3) is 5.91 Å². The van der Waals surface area contributed by atoms with Gasteiger partial charge in [0.05, 0.1) is 42.0 Å². The van der Waals surface area contributed by atoms with E-state index in [1.165, 1.54) is 13.2 Å². The zero-order valence-electron chi connectivity index (χ0n) is 20.0. The van der Waals surface area contributed by atoms with Gasteiger partial charge in [-0.3, -0.25) is 4.79 Å². The summed E-state index contributed by atoms with van der Waals surface area (Å²) in [6.07, 6.45) is -3.66. The highest BCUT2D eigenvalue weighted by molar-refractivity contribution is 5.99. The summed E-state index contributed by atoms with van der Waals surface area (Å²) in [4.78, 5) is 21.8. The maximum absolute atomic E-state index is 13.6. The first kappa shape index (κ1) is 25.0. The molecule has 5 rings (SSSR count). The maximum Gasteiger partial charge on any atom is 0.418 e. The van der Waals surface area contributed by atoms with Gasteiger partial charge < -0.3 is 39.5 Å². The van der Waals surface area contributed by atoms with Crippen LogP contribution < -0.4 is 20.1 Å². The first-order valence-electron chi connectivity index (χ1n) is 11.8. The van der Waals surface area contributed by atoms with Crippen LogP contribution in [0.4, 0.5) is 30.4 Å². The highest BCUT2D eigenvalue weighted by atomic mass is 19.4. The van der Waals surface area contributed by atoms with E-state index >= 15 is 0 Å². The van der Waals surface area contributed by atoms with Crippen molar-refractivity contribution in [2.75, 3.05) is 70.4 Å². The van der Waals surface area contributed by atoms with Gasteiger partial charge in [-0.15, -0.1) is 0 Å². The molecular formula is C24H26F3N5O5. The van der Waals surface area contributed by atoms with Crippen LogP contribution in [0.2, 0.25) is 0 Å². The molecule has 0 radical (unpaired) electrons. The normalized spacial score (nSPS) is 15.6. The Morgan fingerprint density at radius 1 is 1.14 bits per heavy atom. The van der Waals surface area contributed by atoms with E-state index in [1.54, 1.807) is 17.0 Å². The van der Waals surface area contributed by atoms with E-state index < -0.39 is 11.7 Å². The number of rotatable bonds is 7. The quantitative estimate of drug-likeness (QED) is 0.405. The Kier molecular flexibility index (Phi) is 6.98. The van der Waals surface area contributed by atoms with Gasteiger partial charge in [0.15, 0.2) is 11.5 Å². The number of nitrogens with one attached hydrogen (secondary N) is 3. The number of anilines is 3. The number of hydrogen-bond donors (Lipinski definition) is 3. The molecule has 0 unspecified atom stereocenters. The zero-order chi connectivity index (χ0) is 26.0. The number of amides is 1. The van der Waals surface area contributed by atoms with E-state index in [9.17, 15) is 18.0 Å². The Bertz CT molecular complexity index is 1290. The third-order valence-corrected chi connectivity index (χ3v) is 6.05. The number of pyridine rings is 1. The van der Waals surface area contributed by atoms with Crippen molar-refractivity contribution in [1.82, 2.24) is 14.9 Å². The molecule has 0 aliphatic carbocycles. The number of alkyl halides is 3. The van der Waals surface area contributed by atoms with Crippen LogP contribution in [0.1, 0.15) is 15.9 Å². The Morgan fingerprint density at radius 3 is 2.62 bits per heavy atom. The number of aromatic amines is 1. The minimum Gasteiger partial charge on any atom is -0.485 e. The summed E-state index contributed by atoms with van der Waals surface area (Å²) in [7, 11) is 1.51. The van der Waals surface area contributed by atoms with E-state index in [-0.39, 0.29) is 41.7 Å². The lowest BCUT2D eigenvalue weighted by Crippen LogP contribution is -2.41. The zero-order valence-corrected chi connectivity index (χ0v) is 20.0. The highest BCUT2D eigenvalue weighted by Gasteiger charge is 2.35. The first-order chi connectivity index (χ1) is 17.9. The molecule has 1 saturated heterocycles. The van der Waals surface area contributed by atoms with Gasteiger partial charge in [-0.1, -0.05) is 0 Å². The molecule has 198 valence electrons. The molecule has 1 fully saturated rings. The van der Waals surface area contributed by atoms with Crippen LogP contribution in [0.5, 0.6) is 11.5 Å². The van der Waals surface area contributed by atoms with Gasteiger partial charge in [-0.25, -0.2) is 4.98 Å². The van der Waals surface area contributed by atoms with Crippen LogP contribution in [-0.4, -0.2) is 80.6 Å². The van der Waals surface area contributed by atoms with Crippen molar-refractivity contribution in [3.8, 4) is 11.5 Å². The standard InChI is InChI=1S/C24H26F3N5O5/c1-34-7-4-28-17-12-18(31-22-19(17)15(13-29-22)24(25,26)27)30-16-3-2-14(20-21(16)37-11-10-36-20)23(33)32-5-8-35-9-6-32/h2-3,12-13H,4-11H2,1H3,(H3,28,29,30,31). The number of hydrogen-bond acceptors (Lipinski definition) is 8. The molecule has 0 spiro atoms. The van der Waals surface area contributed by atoms with Gasteiger partial charge >= 0.3 is 6.18 Å². The molecule has 2 aliphatic heterocycles. The van der Waals surface area contributed by atoms with Crippen molar-refractivity contribution in [2.45, 2.75) is 6.18 Å². The number of nitrogens with zero attached hydrogens (tertiary/aromatic N) is 2. The smallest absolute Gasteiger partial charge is 0.418 e. The average molecular weight is 521 g/mol. The Balaban J connectivity index is 1.50. The maximum atomic E-state index is 13.6. The Labute approximate surface area is 210 Å². The fraction of sp³-hybridized carbons (Fsp3) is 0.417. The number of carbonyl (C=O) groups is 1. The lowest BCUT2D eigenvalue weighted by molar-refractivity contribution is -0.136. The second kappa shape index (κ2) is 10.3. The van der Waals surface area contributed by atoms with Crippen molar-refractivity contribution in [1.29, 1.82) is 0 Å². The van der Waals surface area contributed by atoms with Crippen LogP contribution in [0, 0.1) is 0 Å². The van der Waals surface area contributed by atoms with Gasteiger partial charge in [0.1, 0.15) is 24.7 Å². The van der Waals surface area contributed by atoms with Crippen LogP contribution in [0.3, 0.4) is 0 Å². The molecule has 4 heterocycles. The van der Waals surface area contributed by atoms with Gasteiger partial charge in [-0.2, -0.15) is 13.2 Å². The molecule has 10 nitrogen and oxygen atoms in total. The second-order valence-corrected chi connectivity index (χ2v) is 8.44. The fourth-order valence-electron chi connectivity index (χ4n) is 4.33. The summed E-state index contributed by atoms with van der Waals surface area (Å²) in [6.45, 7) is 3.04. The number of methoxy groups -OCH3 is 1. The monoisotopic (exact) mass is 521 g/mol. The third-order valence-electron chi connectivity index (χ3n) is 6.05. The molecule has 2 aromatic heterocycles. The lowest BCUT2D eigenvalue weighted by atomic mass is 10.1. The van der Waals surface area contributed by atoms with E-state index in [0.717, 1.165) is 6.20 Å². The molecule has 0 saturated carbocycles. The van der Waals surface area contributed by atoms with Crippen molar-refractivity contribution in [3.05, 3.63) is 35.5 Å². The highest BCUT2D eigenvalue weighted by Crippen LogP contribution is 2.43. The second-order valence-electron chi connectivity index (χ2n) is 8.44. The van der Waals surface area contributed by atoms with E-state index in [1.807, 2.05) is 0 Å². The molecule has 3 N–H and O–H groups in total. The molecule has 2 aliphatic rings. The molecule has 1 aromatic carbocycles. The van der Waals surface area contributed by atoms with Crippen molar-refractivity contribution in [2.24, 2.45) is 0 Å². The summed E-state index contributed by atoms with van der Waals surface area (Å²) in [5.41, 5.74) is 0.310. The lowest BCUT2D eigenvalue weighted by Gasteiger charge is -2.29. The average Bonchev–Trinajstić information content (AvgIpc) is 3.34. The fourth-order valence-corrected chi connectivity index (χ4v) is 4.33. The SMILES string of the molecule is COCCNc1cc(Nc2ccc(C(=O)N3CCOCC3)c3c2OCCO3)nc2[nH]cc(C(F)(F)F)c12. The van der Waals surface area contributed by atoms with E-state index in [2.05, 4.69) is 20.6 Å². The van der Waals surface area contributed by atoms with Crippen LogP contribution in [0.25, 0.3) is 11.0 Å². The number of morpholine rings is 1. The minimum atomic E-state index is -4.56. The van der Waals surface area contributed by atoms with Crippen LogP contribution in [0.15, 0.2) is 24.4 Å². The van der Waals surface area contributed by atoms with Gasteiger partial charge in [-0.05, 0) is 12.1 Å². The number of ether oxygens (including phenoxy) is 4. The molecule has 13 heteroatoms. The third kappa shape index (κ3) is 5.09. The summed E-state index contributed by atoms with van der Waals surface area (Å²) in [6, 6.07) is 4.80. The number of aromatic nitrogens is 2. The predicted molar refractivity (Wildman–Crippen MR) is 129 cm³/mol. The molecular weight excluding hydrogens is 495 g/mol. The number of H-pyrrole nitrogens is 1. The molecule has 3 aromatic rings. The largest absolute Gasteiger partial charge is 0.485 e. The van der Waals surface area contributed by atoms with Crippen molar-refractivity contribution < 1.29 is 36.9 Å². The Morgan fingerprint density at radius 2 is 1.89 bits per heavy atom. The van der Waals surface area contributed by atoms with Crippen LogP contribution >= 0.6 is 0 Å². The van der Waals surface area contributed by atoms with Crippen LogP contribution in [-0.2, 0) is 15.7 Å².